The van der Waals surface area contributed by atoms with Gasteiger partial charge in [-0.05, 0) is 48.9 Å². The van der Waals surface area contributed by atoms with E-state index in [4.69, 9.17) is 34.8 Å². The van der Waals surface area contributed by atoms with Crippen LogP contribution in [0.3, 0.4) is 0 Å². The van der Waals surface area contributed by atoms with Gasteiger partial charge in [0, 0.05) is 11.3 Å². The fraction of sp³-hybridized carbons (Fsp3) is 0.125. The summed E-state index contributed by atoms with van der Waals surface area (Å²) in [5.74, 6) is -4.78. The third kappa shape index (κ3) is 5.56. The number of nitrogens with one attached hydrogen (secondary N) is 3. The molecule has 180 valence electrons. The molecule has 3 aromatic carbocycles. The minimum Gasteiger partial charge on any atom is -0.326 e. The Bertz CT molecular complexity index is 1340. The van der Waals surface area contributed by atoms with Crippen LogP contribution in [0.5, 0.6) is 0 Å². The summed E-state index contributed by atoms with van der Waals surface area (Å²) in [6, 6.07) is 13.9. The second kappa shape index (κ2) is 9.81. The van der Waals surface area contributed by atoms with E-state index in [0.29, 0.717) is 6.42 Å². The van der Waals surface area contributed by atoms with E-state index in [1.807, 2.05) is 0 Å². The van der Waals surface area contributed by atoms with Gasteiger partial charge in [0.25, 0.3) is 11.8 Å². The predicted octanol–water partition coefficient (Wildman–Crippen LogP) is 6.26. The topological polar surface area (TPSA) is 87.3 Å². The Labute approximate surface area is 213 Å². The molecule has 1 atom stereocenters. The van der Waals surface area contributed by atoms with Crippen molar-refractivity contribution in [3.05, 3.63) is 88.4 Å². The lowest BCUT2D eigenvalue weighted by atomic mass is 10.1. The molecule has 0 heterocycles. The van der Waals surface area contributed by atoms with Crippen LogP contribution < -0.4 is 16.0 Å². The SMILES string of the molecule is O=C(Nc1c(F)ccc(NC(=O)c2cc(NC(=O)C3CC3(Cl)Cl)ccc2Cl)c1F)c1ccccc1. The Morgan fingerprint density at radius 1 is 0.886 bits per heavy atom. The summed E-state index contributed by atoms with van der Waals surface area (Å²) in [6.45, 7) is 0. The Hall–Kier alpha value is -3.20. The minimum atomic E-state index is -1.18. The highest BCUT2D eigenvalue weighted by Gasteiger charge is 2.56. The van der Waals surface area contributed by atoms with Crippen LogP contribution in [0.15, 0.2) is 60.7 Å². The summed E-state index contributed by atoms with van der Waals surface area (Å²) < 4.78 is 28.2. The van der Waals surface area contributed by atoms with Gasteiger partial charge in [0.2, 0.25) is 5.91 Å². The van der Waals surface area contributed by atoms with Crippen LogP contribution >= 0.6 is 34.8 Å². The third-order valence-corrected chi connectivity index (χ3v) is 6.40. The number of hydrogen-bond acceptors (Lipinski definition) is 3. The summed E-state index contributed by atoms with van der Waals surface area (Å²) in [7, 11) is 0. The molecule has 0 aliphatic heterocycles. The summed E-state index contributed by atoms with van der Waals surface area (Å²) in [5, 5.41) is 7.10. The number of carbonyl (C=O) groups excluding carboxylic acids is 3. The van der Waals surface area contributed by atoms with Crippen LogP contribution in [-0.4, -0.2) is 22.1 Å². The van der Waals surface area contributed by atoms with Gasteiger partial charge in [0.15, 0.2) is 5.82 Å². The van der Waals surface area contributed by atoms with Crippen LogP contribution in [0.1, 0.15) is 27.1 Å². The molecule has 3 amide bonds. The average molecular weight is 539 g/mol. The molecule has 0 saturated heterocycles. The maximum Gasteiger partial charge on any atom is 0.257 e. The van der Waals surface area contributed by atoms with Crippen molar-refractivity contribution in [3.8, 4) is 0 Å². The lowest BCUT2D eigenvalue weighted by molar-refractivity contribution is -0.117. The van der Waals surface area contributed by atoms with Gasteiger partial charge >= 0.3 is 0 Å². The van der Waals surface area contributed by atoms with E-state index in [2.05, 4.69) is 16.0 Å². The number of halogens is 5. The first-order chi connectivity index (χ1) is 16.6. The van der Waals surface area contributed by atoms with Crippen molar-refractivity contribution in [1.29, 1.82) is 0 Å². The number of carbonyl (C=O) groups is 3. The Morgan fingerprint density at radius 2 is 1.57 bits per heavy atom. The van der Waals surface area contributed by atoms with Gasteiger partial charge in [-0.3, -0.25) is 14.4 Å². The molecule has 3 aromatic rings. The van der Waals surface area contributed by atoms with Gasteiger partial charge in [0.1, 0.15) is 15.8 Å². The van der Waals surface area contributed by atoms with Gasteiger partial charge in [-0.1, -0.05) is 29.8 Å². The molecule has 0 radical (unpaired) electrons. The van der Waals surface area contributed by atoms with Crippen molar-refractivity contribution in [2.45, 2.75) is 10.8 Å². The van der Waals surface area contributed by atoms with Gasteiger partial charge in [-0.25, -0.2) is 8.78 Å². The van der Waals surface area contributed by atoms with E-state index in [1.165, 1.54) is 30.3 Å². The van der Waals surface area contributed by atoms with Crippen LogP contribution in [0, 0.1) is 17.6 Å². The molecule has 1 aliphatic carbocycles. The summed E-state index contributed by atoms with van der Waals surface area (Å²) >= 11 is 17.9. The maximum atomic E-state index is 15.0. The van der Waals surface area contributed by atoms with E-state index in [-0.39, 0.29) is 21.8 Å². The molecular formula is C24H16Cl3F2N3O3. The molecule has 4 rings (SSSR count). The fourth-order valence-corrected chi connectivity index (χ4v) is 3.94. The van der Waals surface area contributed by atoms with Crippen LogP contribution in [0.25, 0.3) is 0 Å². The molecule has 1 saturated carbocycles. The van der Waals surface area contributed by atoms with Crippen molar-refractivity contribution in [2.24, 2.45) is 5.92 Å². The first-order valence-electron chi connectivity index (χ1n) is 10.2. The van der Waals surface area contributed by atoms with Crippen molar-refractivity contribution in [3.63, 3.8) is 0 Å². The van der Waals surface area contributed by atoms with Gasteiger partial charge < -0.3 is 16.0 Å². The molecular weight excluding hydrogens is 523 g/mol. The monoisotopic (exact) mass is 537 g/mol. The summed E-state index contributed by atoms with van der Waals surface area (Å²) in [5.41, 5.74) is -0.757. The molecule has 0 bridgehead atoms. The largest absolute Gasteiger partial charge is 0.326 e. The van der Waals surface area contributed by atoms with Gasteiger partial charge in [-0.2, -0.15) is 0 Å². The predicted molar refractivity (Wildman–Crippen MR) is 131 cm³/mol. The Kier molecular flexibility index (Phi) is 6.98. The number of rotatable bonds is 6. The van der Waals surface area contributed by atoms with E-state index in [0.717, 1.165) is 12.1 Å². The number of amides is 3. The lowest BCUT2D eigenvalue weighted by Crippen LogP contribution is -2.19. The zero-order chi connectivity index (χ0) is 25.3. The maximum absolute atomic E-state index is 15.0. The highest BCUT2D eigenvalue weighted by molar-refractivity contribution is 6.52. The number of alkyl halides is 2. The molecule has 3 N–H and O–H groups in total. The zero-order valence-corrected chi connectivity index (χ0v) is 19.9. The summed E-state index contributed by atoms with van der Waals surface area (Å²) in [4.78, 5) is 37.4. The molecule has 35 heavy (non-hydrogen) atoms. The number of anilines is 3. The molecule has 0 aromatic heterocycles. The molecule has 1 aliphatic rings. The van der Waals surface area contributed by atoms with Crippen molar-refractivity contribution >= 4 is 69.6 Å². The average Bonchev–Trinajstić information content (AvgIpc) is 3.48. The fourth-order valence-electron chi connectivity index (χ4n) is 3.23. The first-order valence-corrected chi connectivity index (χ1v) is 11.3. The van der Waals surface area contributed by atoms with Gasteiger partial charge in [0.05, 0.1) is 22.2 Å². The van der Waals surface area contributed by atoms with E-state index in [1.54, 1.807) is 18.2 Å². The van der Waals surface area contributed by atoms with E-state index in [9.17, 15) is 18.8 Å². The van der Waals surface area contributed by atoms with E-state index < -0.39 is 51.0 Å². The highest BCUT2D eigenvalue weighted by Crippen LogP contribution is 2.53. The van der Waals surface area contributed by atoms with E-state index >= 15 is 4.39 Å². The minimum absolute atomic E-state index is 0.0241. The van der Waals surface area contributed by atoms with Crippen molar-refractivity contribution in [1.82, 2.24) is 0 Å². The number of benzene rings is 3. The van der Waals surface area contributed by atoms with Crippen molar-refractivity contribution < 1.29 is 23.2 Å². The second-order valence-corrected chi connectivity index (χ2v) is 9.71. The Morgan fingerprint density at radius 3 is 2.23 bits per heavy atom. The second-order valence-electron chi connectivity index (χ2n) is 7.76. The lowest BCUT2D eigenvalue weighted by Gasteiger charge is -2.13. The zero-order valence-electron chi connectivity index (χ0n) is 17.7. The van der Waals surface area contributed by atoms with Gasteiger partial charge in [-0.15, -0.1) is 23.2 Å². The van der Waals surface area contributed by atoms with Crippen molar-refractivity contribution in [2.75, 3.05) is 16.0 Å². The molecule has 11 heteroatoms. The number of hydrogen-bond donors (Lipinski definition) is 3. The quantitative estimate of drug-likeness (QED) is 0.324. The molecule has 6 nitrogen and oxygen atoms in total. The normalized spacial score (nSPS) is 15.7. The third-order valence-electron chi connectivity index (χ3n) is 5.23. The van der Waals surface area contributed by atoms with Crippen LogP contribution in [0.4, 0.5) is 25.8 Å². The highest BCUT2D eigenvalue weighted by atomic mass is 35.5. The van der Waals surface area contributed by atoms with Crippen LogP contribution in [-0.2, 0) is 4.79 Å². The molecule has 0 spiro atoms. The smallest absolute Gasteiger partial charge is 0.257 e. The molecule has 1 fully saturated rings. The van der Waals surface area contributed by atoms with Crippen LogP contribution in [0.2, 0.25) is 5.02 Å². The molecule has 1 unspecified atom stereocenters. The summed E-state index contributed by atoms with van der Waals surface area (Å²) in [6.07, 6.45) is 0.301. The standard InChI is InChI=1S/C24H16Cl3F2N3O3/c25-16-7-6-13(30-23(35)15-11-24(15,26)27)10-14(16)22(34)31-18-9-8-17(28)20(19(18)29)32-21(33)12-4-2-1-3-5-12/h1-10,15H,11H2,(H,30,35)(H,31,34)(H,32,33). The first kappa shape index (κ1) is 24.9. The Balaban J connectivity index is 1.52.